The lowest BCUT2D eigenvalue weighted by Crippen LogP contribution is -2.31. The Balaban J connectivity index is 1.91. The number of nitrogens with zero attached hydrogens (tertiary/aromatic N) is 1. The molecule has 0 heterocycles. The molecule has 0 atom stereocenters. The Bertz CT molecular complexity index is 756. The van der Waals surface area contributed by atoms with Crippen molar-refractivity contribution in [1.29, 1.82) is 0 Å². The molecule has 154 valence electrons. The van der Waals surface area contributed by atoms with Crippen LogP contribution in [-0.4, -0.2) is 29.9 Å². The number of carbonyl (C=O) groups excluding carboxylic acids is 2. The van der Waals surface area contributed by atoms with Gasteiger partial charge in [0.15, 0.2) is 0 Å². The summed E-state index contributed by atoms with van der Waals surface area (Å²) in [4.78, 5) is 26.3. The predicted octanol–water partition coefficient (Wildman–Crippen LogP) is 4.94. The van der Waals surface area contributed by atoms with E-state index < -0.39 is 5.97 Å². The first-order valence-electron chi connectivity index (χ1n) is 10.4. The van der Waals surface area contributed by atoms with Crippen molar-refractivity contribution in [2.24, 2.45) is 0 Å². The van der Waals surface area contributed by atoms with E-state index in [9.17, 15) is 9.59 Å². The van der Waals surface area contributed by atoms with Crippen LogP contribution in [0.4, 0.5) is 0 Å². The van der Waals surface area contributed by atoms with Gasteiger partial charge in [0.1, 0.15) is 0 Å². The Morgan fingerprint density at radius 2 is 1.52 bits per heavy atom. The fraction of sp³-hybridized carbons (Fsp3) is 0.360. The van der Waals surface area contributed by atoms with Gasteiger partial charge in [0.25, 0.3) is 0 Å². The van der Waals surface area contributed by atoms with Crippen molar-refractivity contribution >= 4 is 11.9 Å². The van der Waals surface area contributed by atoms with E-state index in [4.69, 9.17) is 4.74 Å². The minimum absolute atomic E-state index is 0.187. The number of ether oxygens (including phenoxy) is 1. The van der Waals surface area contributed by atoms with Gasteiger partial charge in [-0.1, -0.05) is 86.8 Å². The number of rotatable bonds is 12. The SMILES string of the molecule is CCCCCCOC(=O)/C=C/C(=O)N(CCc1ccccc1)Cc1ccccc1. The highest BCUT2D eigenvalue weighted by Gasteiger charge is 2.12. The number of unbranched alkanes of at least 4 members (excludes halogenated alkanes) is 3. The lowest BCUT2D eigenvalue weighted by molar-refractivity contribution is -0.138. The van der Waals surface area contributed by atoms with Crippen LogP contribution < -0.4 is 0 Å². The van der Waals surface area contributed by atoms with Crippen molar-refractivity contribution in [2.45, 2.75) is 45.6 Å². The molecule has 0 N–H and O–H groups in total. The maximum atomic E-state index is 12.7. The molecular weight excluding hydrogens is 362 g/mol. The second kappa shape index (κ2) is 13.3. The third kappa shape index (κ3) is 9.24. The number of amides is 1. The van der Waals surface area contributed by atoms with E-state index in [-0.39, 0.29) is 5.91 Å². The summed E-state index contributed by atoms with van der Waals surface area (Å²) in [7, 11) is 0. The Hall–Kier alpha value is -2.88. The lowest BCUT2D eigenvalue weighted by Gasteiger charge is -2.21. The smallest absolute Gasteiger partial charge is 0.330 e. The molecule has 0 saturated carbocycles. The van der Waals surface area contributed by atoms with Crippen LogP contribution in [0.25, 0.3) is 0 Å². The van der Waals surface area contributed by atoms with Crippen molar-refractivity contribution in [3.8, 4) is 0 Å². The van der Waals surface area contributed by atoms with Crippen molar-refractivity contribution in [3.63, 3.8) is 0 Å². The fourth-order valence-electron chi connectivity index (χ4n) is 2.97. The van der Waals surface area contributed by atoms with Crippen LogP contribution in [-0.2, 0) is 27.3 Å². The Labute approximate surface area is 174 Å². The van der Waals surface area contributed by atoms with Gasteiger partial charge in [-0.2, -0.15) is 0 Å². The van der Waals surface area contributed by atoms with Crippen LogP contribution in [0.2, 0.25) is 0 Å². The largest absolute Gasteiger partial charge is 0.463 e. The molecule has 4 heteroatoms. The number of esters is 1. The molecule has 2 rings (SSSR count). The lowest BCUT2D eigenvalue weighted by atomic mass is 10.1. The minimum Gasteiger partial charge on any atom is -0.463 e. The second-order valence-electron chi connectivity index (χ2n) is 7.04. The van der Waals surface area contributed by atoms with E-state index >= 15 is 0 Å². The van der Waals surface area contributed by atoms with Gasteiger partial charge in [0.05, 0.1) is 6.61 Å². The van der Waals surface area contributed by atoms with Crippen molar-refractivity contribution in [2.75, 3.05) is 13.2 Å². The maximum Gasteiger partial charge on any atom is 0.330 e. The average molecular weight is 394 g/mol. The molecule has 0 aliphatic rings. The van der Waals surface area contributed by atoms with Crippen LogP contribution in [0.1, 0.15) is 43.7 Å². The highest BCUT2D eigenvalue weighted by Crippen LogP contribution is 2.08. The standard InChI is InChI=1S/C25H31NO3/c1-2-3-4-11-20-29-25(28)17-16-24(27)26(21-23-14-9-6-10-15-23)19-18-22-12-7-5-8-13-22/h5-10,12-17H,2-4,11,18-21H2,1H3/b17-16+. The number of hydrogen-bond donors (Lipinski definition) is 0. The second-order valence-corrected chi connectivity index (χ2v) is 7.04. The summed E-state index contributed by atoms with van der Waals surface area (Å²) in [6.45, 7) is 3.62. The molecule has 0 aliphatic carbocycles. The van der Waals surface area contributed by atoms with E-state index in [1.807, 2.05) is 48.5 Å². The molecule has 0 aromatic heterocycles. The van der Waals surface area contributed by atoms with Crippen LogP contribution >= 0.6 is 0 Å². The first-order chi connectivity index (χ1) is 14.2. The van der Waals surface area contributed by atoms with Crippen molar-refractivity contribution in [1.82, 2.24) is 4.90 Å². The summed E-state index contributed by atoms with van der Waals surface area (Å²) in [5, 5.41) is 0. The van der Waals surface area contributed by atoms with Crippen LogP contribution in [0, 0.1) is 0 Å². The average Bonchev–Trinajstić information content (AvgIpc) is 2.76. The predicted molar refractivity (Wildman–Crippen MR) is 116 cm³/mol. The molecular formula is C25H31NO3. The van der Waals surface area contributed by atoms with Gasteiger partial charge < -0.3 is 9.64 Å². The van der Waals surface area contributed by atoms with Gasteiger partial charge in [0, 0.05) is 25.2 Å². The zero-order chi connectivity index (χ0) is 20.7. The summed E-state index contributed by atoms with van der Waals surface area (Å²) >= 11 is 0. The molecule has 2 aromatic carbocycles. The maximum absolute atomic E-state index is 12.7. The Morgan fingerprint density at radius 1 is 0.862 bits per heavy atom. The van der Waals surface area contributed by atoms with E-state index in [2.05, 4.69) is 19.1 Å². The van der Waals surface area contributed by atoms with Gasteiger partial charge >= 0.3 is 5.97 Å². The number of hydrogen-bond acceptors (Lipinski definition) is 3. The van der Waals surface area contributed by atoms with Gasteiger partial charge in [-0.3, -0.25) is 4.79 Å². The van der Waals surface area contributed by atoms with E-state index in [0.717, 1.165) is 37.7 Å². The first kappa shape index (κ1) is 22.4. The third-order valence-electron chi connectivity index (χ3n) is 4.65. The Kier molecular flexibility index (Phi) is 10.3. The molecule has 0 spiro atoms. The molecule has 0 unspecified atom stereocenters. The van der Waals surface area contributed by atoms with Gasteiger partial charge in [-0.15, -0.1) is 0 Å². The highest BCUT2D eigenvalue weighted by atomic mass is 16.5. The quantitative estimate of drug-likeness (QED) is 0.292. The molecule has 0 bridgehead atoms. The zero-order valence-corrected chi connectivity index (χ0v) is 17.3. The van der Waals surface area contributed by atoms with Gasteiger partial charge in [0.2, 0.25) is 5.91 Å². The normalized spacial score (nSPS) is 10.8. The topological polar surface area (TPSA) is 46.6 Å². The fourth-order valence-corrected chi connectivity index (χ4v) is 2.97. The highest BCUT2D eigenvalue weighted by molar-refractivity contribution is 5.94. The summed E-state index contributed by atoms with van der Waals surface area (Å²) in [5.74, 6) is -0.648. The van der Waals surface area contributed by atoms with E-state index in [1.54, 1.807) is 4.90 Å². The molecule has 0 radical (unpaired) electrons. The van der Waals surface area contributed by atoms with Gasteiger partial charge in [-0.05, 0) is 24.0 Å². The van der Waals surface area contributed by atoms with Crippen LogP contribution in [0.15, 0.2) is 72.8 Å². The van der Waals surface area contributed by atoms with Crippen molar-refractivity contribution in [3.05, 3.63) is 83.9 Å². The minimum atomic E-state index is -0.461. The summed E-state index contributed by atoms with van der Waals surface area (Å²) in [5.41, 5.74) is 2.23. The molecule has 4 nitrogen and oxygen atoms in total. The van der Waals surface area contributed by atoms with Crippen LogP contribution in [0.5, 0.6) is 0 Å². The van der Waals surface area contributed by atoms with Crippen LogP contribution in [0.3, 0.4) is 0 Å². The molecule has 2 aromatic rings. The van der Waals surface area contributed by atoms with E-state index in [1.165, 1.54) is 17.7 Å². The summed E-state index contributed by atoms with van der Waals surface area (Å²) < 4.78 is 5.17. The molecule has 0 fully saturated rings. The van der Waals surface area contributed by atoms with E-state index in [0.29, 0.717) is 19.7 Å². The first-order valence-corrected chi connectivity index (χ1v) is 10.4. The third-order valence-corrected chi connectivity index (χ3v) is 4.65. The number of carbonyl (C=O) groups is 2. The Morgan fingerprint density at radius 3 is 2.17 bits per heavy atom. The molecule has 0 saturated heterocycles. The molecule has 29 heavy (non-hydrogen) atoms. The zero-order valence-electron chi connectivity index (χ0n) is 17.3. The summed E-state index contributed by atoms with van der Waals surface area (Å²) in [6.07, 6.45) is 7.51. The molecule has 1 amide bonds. The summed E-state index contributed by atoms with van der Waals surface area (Å²) in [6, 6.07) is 19.9. The van der Waals surface area contributed by atoms with Gasteiger partial charge in [-0.25, -0.2) is 4.79 Å². The molecule has 0 aliphatic heterocycles. The monoisotopic (exact) mass is 393 g/mol. The number of benzene rings is 2. The van der Waals surface area contributed by atoms with Crippen molar-refractivity contribution < 1.29 is 14.3 Å².